The van der Waals surface area contributed by atoms with E-state index >= 15 is 0 Å². The van der Waals surface area contributed by atoms with Crippen molar-refractivity contribution in [3.05, 3.63) is 29.8 Å². The lowest BCUT2D eigenvalue weighted by molar-refractivity contribution is -0.129. The Kier molecular flexibility index (Phi) is 4.53. The Bertz CT molecular complexity index is 630. The lowest BCUT2D eigenvalue weighted by atomic mass is 10.1. The van der Waals surface area contributed by atoms with Crippen LogP contribution in [-0.4, -0.2) is 37.6 Å². The van der Waals surface area contributed by atoms with Crippen LogP contribution in [0.1, 0.15) is 31.9 Å². The standard InChI is InChI=1S/C14H20N2O4S/c1-3-20-12-6-4-5-11(7-12)10(2)16-9-13(8-14(16)17)21(15,18)19/h4-7,10,13H,3,8-9H2,1-2H3,(H2,15,18,19). The van der Waals surface area contributed by atoms with Gasteiger partial charge in [0.15, 0.2) is 0 Å². The van der Waals surface area contributed by atoms with Crippen molar-refractivity contribution in [3.8, 4) is 5.75 Å². The normalized spacial score (nSPS) is 20.6. The molecule has 0 radical (unpaired) electrons. The summed E-state index contributed by atoms with van der Waals surface area (Å²) in [7, 11) is -3.69. The zero-order valence-corrected chi connectivity index (χ0v) is 13.0. The molecule has 1 heterocycles. The predicted octanol–water partition coefficient (Wildman–Crippen LogP) is 1.04. The van der Waals surface area contributed by atoms with E-state index in [1.54, 1.807) is 4.90 Å². The third-order valence-corrected chi connectivity index (χ3v) is 4.95. The Hall–Kier alpha value is -1.60. The lowest BCUT2D eigenvalue weighted by Crippen LogP contribution is -2.33. The summed E-state index contributed by atoms with van der Waals surface area (Å²) in [6.45, 7) is 4.47. The van der Waals surface area contributed by atoms with E-state index < -0.39 is 15.3 Å². The van der Waals surface area contributed by atoms with Gasteiger partial charge in [-0.05, 0) is 31.5 Å². The van der Waals surface area contributed by atoms with Gasteiger partial charge in [-0.15, -0.1) is 0 Å². The highest BCUT2D eigenvalue weighted by atomic mass is 32.2. The number of carbonyl (C=O) groups excluding carboxylic acids is 1. The van der Waals surface area contributed by atoms with Crippen molar-refractivity contribution in [1.82, 2.24) is 4.90 Å². The number of benzene rings is 1. The molecule has 0 aromatic heterocycles. The Morgan fingerprint density at radius 1 is 1.48 bits per heavy atom. The van der Waals surface area contributed by atoms with Gasteiger partial charge < -0.3 is 9.64 Å². The van der Waals surface area contributed by atoms with Crippen LogP contribution in [0.2, 0.25) is 0 Å². The van der Waals surface area contributed by atoms with Gasteiger partial charge in [0.05, 0.1) is 12.6 Å². The second-order valence-corrected chi connectivity index (χ2v) is 6.99. The predicted molar refractivity (Wildman–Crippen MR) is 79.3 cm³/mol. The third-order valence-electron chi connectivity index (χ3n) is 3.71. The number of amides is 1. The molecule has 1 saturated heterocycles. The molecule has 1 fully saturated rings. The molecule has 2 atom stereocenters. The Morgan fingerprint density at radius 2 is 2.19 bits per heavy atom. The summed E-state index contributed by atoms with van der Waals surface area (Å²) >= 11 is 0. The van der Waals surface area contributed by atoms with Crippen LogP contribution in [0.4, 0.5) is 0 Å². The van der Waals surface area contributed by atoms with Gasteiger partial charge >= 0.3 is 0 Å². The third kappa shape index (κ3) is 3.54. The maximum absolute atomic E-state index is 12.0. The summed E-state index contributed by atoms with van der Waals surface area (Å²) < 4.78 is 28.2. The molecule has 7 heteroatoms. The van der Waals surface area contributed by atoms with Crippen LogP contribution >= 0.6 is 0 Å². The molecule has 6 nitrogen and oxygen atoms in total. The molecule has 2 rings (SSSR count). The topological polar surface area (TPSA) is 89.7 Å². The molecule has 0 bridgehead atoms. The number of sulfonamides is 1. The number of nitrogens with two attached hydrogens (primary N) is 1. The first-order valence-corrected chi connectivity index (χ1v) is 8.47. The highest BCUT2D eigenvalue weighted by molar-refractivity contribution is 7.89. The van der Waals surface area contributed by atoms with Crippen molar-refractivity contribution in [3.63, 3.8) is 0 Å². The zero-order valence-electron chi connectivity index (χ0n) is 12.2. The van der Waals surface area contributed by atoms with E-state index in [1.807, 2.05) is 38.1 Å². The second-order valence-electron chi connectivity index (χ2n) is 5.14. The highest BCUT2D eigenvalue weighted by Crippen LogP contribution is 2.29. The van der Waals surface area contributed by atoms with Gasteiger partial charge in [-0.25, -0.2) is 13.6 Å². The fourth-order valence-electron chi connectivity index (χ4n) is 2.50. The number of ether oxygens (including phenoxy) is 1. The van der Waals surface area contributed by atoms with Crippen molar-refractivity contribution in [2.45, 2.75) is 31.6 Å². The molecular formula is C14H20N2O4S. The van der Waals surface area contributed by atoms with Crippen LogP contribution in [0.5, 0.6) is 5.75 Å². The molecule has 1 aromatic carbocycles. The molecule has 1 aliphatic heterocycles. The van der Waals surface area contributed by atoms with Gasteiger partial charge in [0, 0.05) is 13.0 Å². The van der Waals surface area contributed by atoms with Gasteiger partial charge in [0.1, 0.15) is 11.0 Å². The molecule has 1 aliphatic rings. The molecule has 0 spiro atoms. The number of carbonyl (C=O) groups is 1. The van der Waals surface area contributed by atoms with Crippen molar-refractivity contribution in [1.29, 1.82) is 0 Å². The molecule has 0 aliphatic carbocycles. The van der Waals surface area contributed by atoms with Crippen LogP contribution in [0.25, 0.3) is 0 Å². The van der Waals surface area contributed by atoms with Crippen LogP contribution in [0.15, 0.2) is 24.3 Å². The first-order chi connectivity index (χ1) is 9.82. The summed E-state index contributed by atoms with van der Waals surface area (Å²) in [4.78, 5) is 13.6. The van der Waals surface area contributed by atoms with Crippen molar-refractivity contribution in [2.24, 2.45) is 5.14 Å². The van der Waals surface area contributed by atoms with Crippen LogP contribution in [0.3, 0.4) is 0 Å². The largest absolute Gasteiger partial charge is 0.494 e. The molecule has 1 amide bonds. The van der Waals surface area contributed by atoms with Crippen LogP contribution in [0, 0.1) is 0 Å². The molecule has 116 valence electrons. The molecular weight excluding hydrogens is 292 g/mol. The molecule has 0 saturated carbocycles. The summed E-state index contributed by atoms with van der Waals surface area (Å²) in [5.74, 6) is 0.542. The SMILES string of the molecule is CCOc1cccc(C(C)N2CC(S(N)(=O)=O)CC2=O)c1. The summed E-state index contributed by atoms with van der Waals surface area (Å²) in [5, 5.41) is 4.32. The number of likely N-dealkylation sites (tertiary alicyclic amines) is 1. The minimum atomic E-state index is -3.69. The van der Waals surface area contributed by atoms with Gasteiger partial charge in [-0.3, -0.25) is 4.79 Å². The summed E-state index contributed by atoms with van der Waals surface area (Å²) in [5.41, 5.74) is 0.907. The number of hydrogen-bond acceptors (Lipinski definition) is 4. The van der Waals surface area contributed by atoms with Gasteiger partial charge in [0.2, 0.25) is 15.9 Å². The minimum absolute atomic E-state index is 0.0473. The quantitative estimate of drug-likeness (QED) is 0.879. The number of primary sulfonamides is 1. The van der Waals surface area contributed by atoms with E-state index in [-0.39, 0.29) is 24.9 Å². The average molecular weight is 312 g/mol. The van der Waals surface area contributed by atoms with Gasteiger partial charge in [-0.2, -0.15) is 0 Å². The highest BCUT2D eigenvalue weighted by Gasteiger charge is 2.38. The number of hydrogen-bond donors (Lipinski definition) is 1. The van der Waals surface area contributed by atoms with E-state index in [9.17, 15) is 13.2 Å². The van der Waals surface area contributed by atoms with E-state index in [4.69, 9.17) is 9.88 Å². The average Bonchev–Trinajstić information content (AvgIpc) is 2.81. The minimum Gasteiger partial charge on any atom is -0.494 e. The van der Waals surface area contributed by atoms with Gasteiger partial charge in [0.25, 0.3) is 0 Å². The van der Waals surface area contributed by atoms with E-state index in [0.29, 0.717) is 6.61 Å². The zero-order chi connectivity index (χ0) is 15.6. The molecule has 1 aromatic rings. The van der Waals surface area contributed by atoms with Crippen molar-refractivity contribution >= 4 is 15.9 Å². The fourth-order valence-corrected chi connectivity index (χ4v) is 3.25. The Balaban J connectivity index is 2.18. The Morgan fingerprint density at radius 3 is 2.76 bits per heavy atom. The molecule has 21 heavy (non-hydrogen) atoms. The van der Waals surface area contributed by atoms with Crippen molar-refractivity contribution in [2.75, 3.05) is 13.2 Å². The van der Waals surface area contributed by atoms with E-state index in [1.165, 1.54) is 0 Å². The second kappa shape index (κ2) is 6.03. The van der Waals surface area contributed by atoms with Crippen molar-refractivity contribution < 1.29 is 17.9 Å². The monoisotopic (exact) mass is 312 g/mol. The smallest absolute Gasteiger partial charge is 0.224 e. The number of rotatable bonds is 5. The molecule has 2 unspecified atom stereocenters. The lowest BCUT2D eigenvalue weighted by Gasteiger charge is -2.25. The fraction of sp³-hybridized carbons (Fsp3) is 0.500. The van der Waals surface area contributed by atoms with Crippen LogP contribution in [-0.2, 0) is 14.8 Å². The van der Waals surface area contributed by atoms with E-state index in [2.05, 4.69) is 0 Å². The van der Waals surface area contributed by atoms with E-state index in [0.717, 1.165) is 11.3 Å². The van der Waals surface area contributed by atoms with Crippen LogP contribution < -0.4 is 9.88 Å². The number of nitrogens with zero attached hydrogens (tertiary/aromatic N) is 1. The first-order valence-electron chi connectivity index (χ1n) is 6.86. The van der Waals surface area contributed by atoms with Gasteiger partial charge in [-0.1, -0.05) is 12.1 Å². The first kappa shape index (κ1) is 15.8. The maximum atomic E-state index is 12.0. The summed E-state index contributed by atoms with van der Waals surface area (Å²) in [6.07, 6.45) is -0.0473. The summed E-state index contributed by atoms with van der Waals surface area (Å²) in [6, 6.07) is 7.24. The molecule has 2 N–H and O–H groups in total. The Labute approximate surface area is 124 Å². The maximum Gasteiger partial charge on any atom is 0.224 e.